The molecule has 3 rings (SSSR count). The minimum absolute atomic E-state index is 0. The normalized spacial score (nSPS) is 17.4. The minimum Gasteiger partial charge on any atom is -0.493 e. The van der Waals surface area contributed by atoms with Gasteiger partial charge in [-0.25, -0.2) is 0 Å². The van der Waals surface area contributed by atoms with Gasteiger partial charge < -0.3 is 24.4 Å². The highest BCUT2D eigenvalue weighted by molar-refractivity contribution is 14.0. The Morgan fingerprint density at radius 2 is 1.83 bits per heavy atom. The lowest BCUT2D eigenvalue weighted by atomic mass is 10.1. The second-order valence-corrected chi connectivity index (χ2v) is 7.71. The van der Waals surface area contributed by atoms with Gasteiger partial charge in [0.1, 0.15) is 0 Å². The molecule has 30 heavy (non-hydrogen) atoms. The maximum Gasteiger partial charge on any atom is 0.194 e. The topological polar surface area (TPSA) is 58.6 Å². The second kappa shape index (κ2) is 13.2. The van der Waals surface area contributed by atoms with Gasteiger partial charge >= 0.3 is 0 Å². The summed E-state index contributed by atoms with van der Waals surface area (Å²) in [6.45, 7) is 10.2. The van der Waals surface area contributed by atoms with Gasteiger partial charge in [-0.15, -0.1) is 24.0 Å². The first-order valence-corrected chi connectivity index (χ1v) is 10.8. The van der Waals surface area contributed by atoms with Gasteiger partial charge in [-0.05, 0) is 43.4 Å². The summed E-state index contributed by atoms with van der Waals surface area (Å²) in [5.41, 5.74) is 1.24. The molecule has 1 saturated heterocycles. The Bertz CT molecular complexity index is 662. The molecule has 1 aliphatic heterocycles. The number of rotatable bonds is 10. The number of hydrogen-bond donors (Lipinski definition) is 1. The van der Waals surface area contributed by atoms with Crippen molar-refractivity contribution in [2.24, 2.45) is 10.9 Å². The molecule has 0 radical (unpaired) electrons. The summed E-state index contributed by atoms with van der Waals surface area (Å²) < 4.78 is 16.5. The standard InChI is InChI=1S/C22H36N4O3.HI/c1-4-23-22(24-9-14-29-17-18-5-6-18)26-12-10-25(11-13-26)16-19-7-8-20(27-2)21(15-19)28-3;/h7-8,15,18H,4-6,9-14,16-17H2,1-3H3,(H,23,24);1H. The van der Waals surface area contributed by atoms with E-state index in [0.29, 0.717) is 6.61 Å². The molecule has 1 aromatic carbocycles. The maximum atomic E-state index is 5.71. The van der Waals surface area contributed by atoms with Crippen LogP contribution in [-0.2, 0) is 11.3 Å². The van der Waals surface area contributed by atoms with E-state index < -0.39 is 0 Å². The molecule has 1 aromatic rings. The maximum absolute atomic E-state index is 5.71. The Kier molecular flexibility index (Phi) is 11.0. The molecule has 7 nitrogen and oxygen atoms in total. The Labute approximate surface area is 198 Å². The van der Waals surface area contributed by atoms with Crippen molar-refractivity contribution in [3.63, 3.8) is 0 Å². The summed E-state index contributed by atoms with van der Waals surface area (Å²) in [5.74, 6) is 3.38. The molecule has 1 aliphatic carbocycles. The molecule has 0 amide bonds. The largest absolute Gasteiger partial charge is 0.493 e. The van der Waals surface area contributed by atoms with Gasteiger partial charge in [-0.2, -0.15) is 0 Å². The number of nitrogens with zero attached hydrogens (tertiary/aromatic N) is 3. The molecule has 2 aliphatic rings. The highest BCUT2D eigenvalue weighted by Gasteiger charge is 2.21. The van der Waals surface area contributed by atoms with Crippen molar-refractivity contribution in [1.29, 1.82) is 0 Å². The van der Waals surface area contributed by atoms with Gasteiger partial charge in [0, 0.05) is 45.9 Å². The highest BCUT2D eigenvalue weighted by Crippen LogP contribution is 2.29. The van der Waals surface area contributed by atoms with Crippen molar-refractivity contribution in [2.45, 2.75) is 26.3 Å². The van der Waals surface area contributed by atoms with Crippen LogP contribution in [0.25, 0.3) is 0 Å². The molecule has 0 bridgehead atoms. The smallest absolute Gasteiger partial charge is 0.194 e. The Morgan fingerprint density at radius 3 is 2.47 bits per heavy atom. The van der Waals surface area contributed by atoms with Crippen molar-refractivity contribution in [3.05, 3.63) is 23.8 Å². The highest BCUT2D eigenvalue weighted by atomic mass is 127. The lowest BCUT2D eigenvalue weighted by Crippen LogP contribution is -2.52. The van der Waals surface area contributed by atoms with E-state index in [-0.39, 0.29) is 24.0 Å². The minimum atomic E-state index is 0. The fourth-order valence-corrected chi connectivity index (χ4v) is 3.53. The zero-order valence-corrected chi connectivity index (χ0v) is 20.9. The molecule has 1 heterocycles. The molecule has 170 valence electrons. The van der Waals surface area contributed by atoms with Crippen LogP contribution in [0.3, 0.4) is 0 Å². The first-order chi connectivity index (χ1) is 14.2. The molecule has 1 saturated carbocycles. The number of benzene rings is 1. The average molecular weight is 532 g/mol. The van der Waals surface area contributed by atoms with Crippen molar-refractivity contribution in [2.75, 3.05) is 66.7 Å². The van der Waals surface area contributed by atoms with Crippen LogP contribution in [0.5, 0.6) is 11.5 Å². The zero-order chi connectivity index (χ0) is 20.5. The summed E-state index contributed by atoms with van der Waals surface area (Å²) in [7, 11) is 3.35. The van der Waals surface area contributed by atoms with E-state index in [1.807, 2.05) is 6.07 Å². The van der Waals surface area contributed by atoms with Crippen LogP contribution in [-0.4, -0.2) is 82.5 Å². The quantitative estimate of drug-likeness (QED) is 0.217. The number of aliphatic imine (C=N–C) groups is 1. The summed E-state index contributed by atoms with van der Waals surface area (Å²) in [6, 6.07) is 6.16. The van der Waals surface area contributed by atoms with E-state index in [2.05, 4.69) is 34.2 Å². The zero-order valence-electron chi connectivity index (χ0n) is 18.6. The predicted molar refractivity (Wildman–Crippen MR) is 131 cm³/mol. The first-order valence-electron chi connectivity index (χ1n) is 10.8. The average Bonchev–Trinajstić information content (AvgIpc) is 3.57. The van der Waals surface area contributed by atoms with Crippen LogP contribution >= 0.6 is 24.0 Å². The Hall–Kier alpha value is -1.26. The number of nitrogens with one attached hydrogen (secondary N) is 1. The van der Waals surface area contributed by atoms with Crippen molar-refractivity contribution < 1.29 is 14.2 Å². The molecule has 0 spiro atoms. The van der Waals surface area contributed by atoms with Gasteiger partial charge in [0.2, 0.25) is 0 Å². The van der Waals surface area contributed by atoms with Crippen LogP contribution in [0.4, 0.5) is 0 Å². The van der Waals surface area contributed by atoms with Gasteiger partial charge in [-0.3, -0.25) is 9.89 Å². The number of guanidine groups is 1. The fourth-order valence-electron chi connectivity index (χ4n) is 3.53. The summed E-state index contributed by atoms with van der Waals surface area (Å²) in [6.07, 6.45) is 2.67. The molecular weight excluding hydrogens is 495 g/mol. The Balaban J connectivity index is 0.00000320. The number of hydrogen-bond acceptors (Lipinski definition) is 5. The van der Waals surface area contributed by atoms with Crippen molar-refractivity contribution in [3.8, 4) is 11.5 Å². The summed E-state index contributed by atoms with van der Waals surface area (Å²) in [5, 5.41) is 3.43. The molecule has 2 fully saturated rings. The van der Waals surface area contributed by atoms with Gasteiger partial charge in [0.25, 0.3) is 0 Å². The number of methoxy groups -OCH3 is 2. The molecule has 0 aromatic heterocycles. The molecule has 0 atom stereocenters. The SMILES string of the molecule is CCNC(=NCCOCC1CC1)N1CCN(Cc2ccc(OC)c(OC)c2)CC1.I. The number of piperazine rings is 1. The van der Waals surface area contributed by atoms with Gasteiger partial charge in [-0.1, -0.05) is 6.07 Å². The number of halogens is 1. The lowest BCUT2D eigenvalue weighted by molar-refractivity contribution is 0.131. The van der Waals surface area contributed by atoms with Crippen molar-refractivity contribution in [1.82, 2.24) is 15.1 Å². The third kappa shape index (κ3) is 7.77. The van der Waals surface area contributed by atoms with Crippen LogP contribution in [0.15, 0.2) is 23.2 Å². The predicted octanol–water partition coefficient (Wildman–Crippen LogP) is 2.83. The van der Waals surface area contributed by atoms with E-state index in [4.69, 9.17) is 19.2 Å². The van der Waals surface area contributed by atoms with Crippen LogP contribution in [0.2, 0.25) is 0 Å². The van der Waals surface area contributed by atoms with Gasteiger partial charge in [0.15, 0.2) is 17.5 Å². The van der Waals surface area contributed by atoms with Crippen molar-refractivity contribution >= 4 is 29.9 Å². The Morgan fingerprint density at radius 1 is 1.10 bits per heavy atom. The van der Waals surface area contributed by atoms with Gasteiger partial charge in [0.05, 0.1) is 27.4 Å². The van der Waals surface area contributed by atoms with E-state index in [9.17, 15) is 0 Å². The lowest BCUT2D eigenvalue weighted by Gasteiger charge is -2.36. The molecule has 1 N–H and O–H groups in total. The summed E-state index contributed by atoms with van der Waals surface area (Å²) in [4.78, 5) is 9.59. The first kappa shape index (κ1) is 25.0. The number of ether oxygens (including phenoxy) is 3. The van der Waals surface area contributed by atoms with E-state index in [1.165, 1.54) is 18.4 Å². The monoisotopic (exact) mass is 532 g/mol. The van der Waals surface area contributed by atoms with E-state index in [0.717, 1.165) is 75.8 Å². The molecule has 0 unspecified atom stereocenters. The third-order valence-corrected chi connectivity index (χ3v) is 5.41. The van der Waals surface area contributed by atoms with Crippen LogP contribution in [0, 0.1) is 5.92 Å². The van der Waals surface area contributed by atoms with Crippen LogP contribution < -0.4 is 14.8 Å². The van der Waals surface area contributed by atoms with E-state index >= 15 is 0 Å². The molecular formula is C22H37IN4O3. The second-order valence-electron chi connectivity index (χ2n) is 7.71. The summed E-state index contributed by atoms with van der Waals surface area (Å²) >= 11 is 0. The van der Waals surface area contributed by atoms with Crippen LogP contribution in [0.1, 0.15) is 25.3 Å². The van der Waals surface area contributed by atoms with E-state index in [1.54, 1.807) is 14.2 Å². The third-order valence-electron chi connectivity index (χ3n) is 5.41. The molecule has 8 heteroatoms. The fraction of sp³-hybridized carbons (Fsp3) is 0.682.